The first-order valence-electron chi connectivity index (χ1n) is 4.39. The highest BCUT2D eigenvalue weighted by Crippen LogP contribution is 2.36. The molecule has 1 heterocycles. The van der Waals surface area contributed by atoms with Gasteiger partial charge in [0.15, 0.2) is 3.92 Å². The summed E-state index contributed by atoms with van der Waals surface area (Å²) in [5, 5.41) is 11.7. The molecule has 0 spiro atoms. The summed E-state index contributed by atoms with van der Waals surface area (Å²) in [4.78, 5) is 0. The van der Waals surface area contributed by atoms with Gasteiger partial charge < -0.3 is 10.1 Å². The molecule has 0 aliphatic rings. The Labute approximate surface area is 127 Å². The Morgan fingerprint density at radius 2 is 1.94 bits per heavy atom. The van der Waals surface area contributed by atoms with Gasteiger partial charge in [0.2, 0.25) is 5.13 Å². The number of nitrogens with zero attached hydrogens (tertiary/aromatic N) is 2. The van der Waals surface area contributed by atoms with Crippen LogP contribution in [0.2, 0.25) is 0 Å². The lowest BCUT2D eigenvalue weighted by Crippen LogP contribution is -1.93. The molecule has 1 N–H and O–H groups in total. The molecule has 0 saturated carbocycles. The second-order valence-corrected chi connectivity index (χ2v) is 6.91. The van der Waals surface area contributed by atoms with Gasteiger partial charge in [0.25, 0.3) is 0 Å². The molecular formula is C9H6Br3N3OS. The smallest absolute Gasteiger partial charge is 0.210 e. The van der Waals surface area contributed by atoms with Crippen LogP contribution in [-0.2, 0) is 0 Å². The second kappa shape index (κ2) is 5.64. The summed E-state index contributed by atoms with van der Waals surface area (Å²) in [6.45, 7) is 0. The SMILES string of the molecule is COc1cc(Nc2nnc(Br)s2)c(Br)cc1Br. The molecule has 2 rings (SSSR count). The Morgan fingerprint density at radius 3 is 2.53 bits per heavy atom. The zero-order valence-electron chi connectivity index (χ0n) is 8.50. The monoisotopic (exact) mass is 441 g/mol. The van der Waals surface area contributed by atoms with E-state index in [2.05, 4.69) is 63.3 Å². The number of aromatic nitrogens is 2. The lowest BCUT2D eigenvalue weighted by Gasteiger charge is -2.09. The van der Waals surface area contributed by atoms with E-state index in [-0.39, 0.29) is 0 Å². The van der Waals surface area contributed by atoms with E-state index in [0.29, 0.717) is 5.13 Å². The van der Waals surface area contributed by atoms with Crippen molar-refractivity contribution in [2.75, 3.05) is 12.4 Å². The largest absolute Gasteiger partial charge is 0.495 e. The molecular weight excluding hydrogens is 438 g/mol. The lowest BCUT2D eigenvalue weighted by atomic mass is 10.3. The molecule has 2 aromatic rings. The maximum atomic E-state index is 5.23. The van der Waals surface area contributed by atoms with E-state index in [1.54, 1.807) is 7.11 Å². The molecule has 0 atom stereocenters. The molecule has 8 heteroatoms. The van der Waals surface area contributed by atoms with Crippen molar-refractivity contribution in [1.29, 1.82) is 0 Å². The van der Waals surface area contributed by atoms with Gasteiger partial charge in [0, 0.05) is 10.5 Å². The predicted molar refractivity (Wildman–Crippen MR) is 79.3 cm³/mol. The number of ether oxygens (including phenoxy) is 1. The molecule has 0 radical (unpaired) electrons. The van der Waals surface area contributed by atoms with Gasteiger partial charge in [-0.15, -0.1) is 10.2 Å². The molecule has 4 nitrogen and oxygen atoms in total. The van der Waals surface area contributed by atoms with Gasteiger partial charge >= 0.3 is 0 Å². The Morgan fingerprint density at radius 1 is 1.18 bits per heavy atom. The third-order valence-corrected chi connectivity index (χ3v) is 4.43. The normalized spacial score (nSPS) is 10.4. The van der Waals surface area contributed by atoms with Crippen molar-refractivity contribution >= 4 is 69.9 Å². The van der Waals surface area contributed by atoms with Crippen LogP contribution in [-0.4, -0.2) is 17.3 Å². The molecule has 0 saturated heterocycles. The van der Waals surface area contributed by atoms with Crippen molar-refractivity contribution < 1.29 is 4.74 Å². The first-order chi connectivity index (χ1) is 8.10. The minimum absolute atomic E-state index is 0.710. The number of rotatable bonds is 3. The highest BCUT2D eigenvalue weighted by atomic mass is 79.9. The first-order valence-corrected chi connectivity index (χ1v) is 7.58. The van der Waals surface area contributed by atoms with Crippen LogP contribution >= 0.6 is 59.1 Å². The average molecular weight is 444 g/mol. The van der Waals surface area contributed by atoms with E-state index in [0.717, 1.165) is 24.3 Å². The maximum absolute atomic E-state index is 5.23. The molecule has 0 aliphatic heterocycles. The summed E-state index contributed by atoms with van der Waals surface area (Å²) in [7, 11) is 1.62. The molecule has 0 unspecified atom stereocenters. The second-order valence-electron chi connectivity index (χ2n) is 2.95. The van der Waals surface area contributed by atoms with Gasteiger partial charge in [-0.3, -0.25) is 0 Å². The molecule has 17 heavy (non-hydrogen) atoms. The van der Waals surface area contributed by atoms with Gasteiger partial charge in [-0.25, -0.2) is 0 Å². The highest BCUT2D eigenvalue weighted by molar-refractivity contribution is 9.11. The Kier molecular flexibility index (Phi) is 4.40. The molecule has 0 amide bonds. The fraction of sp³-hybridized carbons (Fsp3) is 0.111. The summed E-state index contributed by atoms with van der Waals surface area (Å²) in [5.74, 6) is 0.749. The minimum atomic E-state index is 0.710. The summed E-state index contributed by atoms with van der Waals surface area (Å²) in [6.07, 6.45) is 0. The molecule has 1 aromatic heterocycles. The average Bonchev–Trinajstić information content (AvgIpc) is 2.68. The number of nitrogens with one attached hydrogen (secondary N) is 1. The van der Waals surface area contributed by atoms with Crippen molar-refractivity contribution in [1.82, 2.24) is 10.2 Å². The Balaban J connectivity index is 2.32. The quantitative estimate of drug-likeness (QED) is 0.754. The van der Waals surface area contributed by atoms with Crippen LogP contribution in [0.4, 0.5) is 10.8 Å². The number of methoxy groups -OCH3 is 1. The van der Waals surface area contributed by atoms with Crippen LogP contribution in [0, 0.1) is 0 Å². The number of halogens is 3. The van der Waals surface area contributed by atoms with Gasteiger partial charge in [-0.1, -0.05) is 11.3 Å². The maximum Gasteiger partial charge on any atom is 0.210 e. The van der Waals surface area contributed by atoms with Crippen LogP contribution in [0.1, 0.15) is 0 Å². The van der Waals surface area contributed by atoms with Crippen LogP contribution in [0.15, 0.2) is 25.0 Å². The van der Waals surface area contributed by atoms with Gasteiger partial charge in [0.05, 0.1) is 17.3 Å². The van der Waals surface area contributed by atoms with Crippen molar-refractivity contribution in [2.24, 2.45) is 0 Å². The van der Waals surface area contributed by atoms with E-state index >= 15 is 0 Å². The number of hydrogen-bond acceptors (Lipinski definition) is 5. The fourth-order valence-corrected chi connectivity index (χ4v) is 3.43. The van der Waals surface area contributed by atoms with Gasteiger partial charge in [-0.2, -0.15) is 0 Å². The van der Waals surface area contributed by atoms with E-state index in [1.807, 2.05) is 12.1 Å². The molecule has 0 bridgehead atoms. The van der Waals surface area contributed by atoms with Crippen LogP contribution in [0.25, 0.3) is 0 Å². The van der Waals surface area contributed by atoms with E-state index < -0.39 is 0 Å². The standard InChI is InChI=1S/C9H6Br3N3OS/c1-16-7-3-6(4(10)2-5(7)11)13-9-15-14-8(12)17-9/h2-3H,1H3,(H,13,15). The van der Waals surface area contributed by atoms with Crippen molar-refractivity contribution in [3.05, 3.63) is 25.0 Å². The number of benzene rings is 1. The zero-order chi connectivity index (χ0) is 12.4. The predicted octanol–water partition coefficient (Wildman–Crippen LogP) is 4.58. The molecule has 1 aromatic carbocycles. The summed E-state index contributed by atoms with van der Waals surface area (Å²) >= 11 is 11.6. The molecule has 0 fully saturated rings. The third-order valence-electron chi connectivity index (χ3n) is 1.88. The molecule has 90 valence electrons. The van der Waals surface area contributed by atoms with Crippen molar-refractivity contribution in [2.45, 2.75) is 0 Å². The van der Waals surface area contributed by atoms with Crippen molar-refractivity contribution in [3.63, 3.8) is 0 Å². The van der Waals surface area contributed by atoms with Crippen molar-refractivity contribution in [3.8, 4) is 5.75 Å². The van der Waals surface area contributed by atoms with E-state index in [9.17, 15) is 0 Å². The topological polar surface area (TPSA) is 47.0 Å². The third kappa shape index (κ3) is 3.18. The highest BCUT2D eigenvalue weighted by Gasteiger charge is 2.09. The fourth-order valence-electron chi connectivity index (χ4n) is 1.15. The Hall–Kier alpha value is -0.180. The number of anilines is 2. The number of hydrogen-bond donors (Lipinski definition) is 1. The zero-order valence-corrected chi connectivity index (χ0v) is 14.1. The van der Waals surface area contributed by atoms with E-state index in [1.165, 1.54) is 11.3 Å². The van der Waals surface area contributed by atoms with Gasteiger partial charge in [-0.05, 0) is 53.9 Å². The van der Waals surface area contributed by atoms with E-state index in [4.69, 9.17) is 4.74 Å². The Bertz CT molecular complexity index is 546. The molecule has 0 aliphatic carbocycles. The summed E-state index contributed by atoms with van der Waals surface area (Å²) < 4.78 is 7.77. The van der Waals surface area contributed by atoms with Gasteiger partial charge in [0.1, 0.15) is 5.75 Å². The van der Waals surface area contributed by atoms with Crippen LogP contribution in [0.3, 0.4) is 0 Å². The summed E-state index contributed by atoms with van der Waals surface area (Å²) in [5.41, 5.74) is 0.869. The summed E-state index contributed by atoms with van der Waals surface area (Å²) in [6, 6.07) is 3.79. The lowest BCUT2D eigenvalue weighted by molar-refractivity contribution is 0.412. The minimum Gasteiger partial charge on any atom is -0.495 e. The first kappa shape index (κ1) is 13.3. The van der Waals surface area contributed by atoms with Crippen LogP contribution in [0.5, 0.6) is 5.75 Å². The van der Waals surface area contributed by atoms with Crippen LogP contribution < -0.4 is 10.1 Å².